The molecule has 0 radical (unpaired) electrons. The molecule has 2 atom stereocenters. The van der Waals surface area contributed by atoms with Crippen molar-refractivity contribution in [3.63, 3.8) is 0 Å². The van der Waals surface area contributed by atoms with E-state index in [-0.39, 0.29) is 18.2 Å². The number of nitrogens with one attached hydrogen (secondary N) is 3. The average Bonchev–Trinajstić information content (AvgIpc) is 3.01. The maximum absolute atomic E-state index is 13.1. The lowest BCUT2D eigenvalue weighted by molar-refractivity contribution is -0.192. The van der Waals surface area contributed by atoms with Gasteiger partial charge in [0.25, 0.3) is 0 Å². The number of pyridine rings is 1. The van der Waals surface area contributed by atoms with Gasteiger partial charge in [-0.05, 0) is 48.1 Å². The van der Waals surface area contributed by atoms with E-state index in [1.54, 1.807) is 6.20 Å². The second kappa shape index (κ2) is 18.7. The molecule has 0 aliphatic rings. The maximum atomic E-state index is 13.1. The Morgan fingerprint density at radius 1 is 0.844 bits per heavy atom. The summed E-state index contributed by atoms with van der Waals surface area (Å²) in [4.78, 5) is 50.3. The highest BCUT2D eigenvalue weighted by Gasteiger charge is 2.38. The first kappa shape index (κ1) is 36.3. The number of unbranched alkanes of at least 4 members (excludes halogenated alkanes) is 1. The molecule has 45 heavy (non-hydrogen) atoms. The van der Waals surface area contributed by atoms with Gasteiger partial charge in [0, 0.05) is 19.2 Å². The zero-order valence-corrected chi connectivity index (χ0v) is 24.7. The monoisotopic (exact) mass is 630 g/mol. The van der Waals surface area contributed by atoms with Gasteiger partial charge in [0.05, 0.1) is 12.5 Å². The first-order valence-corrected chi connectivity index (χ1v) is 14.3. The van der Waals surface area contributed by atoms with Crippen LogP contribution in [0.25, 0.3) is 11.1 Å². The zero-order chi connectivity index (χ0) is 33.2. The third kappa shape index (κ3) is 13.9. The minimum absolute atomic E-state index is 0.196. The van der Waals surface area contributed by atoms with E-state index in [0.717, 1.165) is 23.4 Å². The van der Waals surface area contributed by atoms with Crippen molar-refractivity contribution in [1.82, 2.24) is 15.6 Å². The van der Waals surface area contributed by atoms with Gasteiger partial charge in [0.15, 0.2) is 0 Å². The number of alkyl halides is 3. The van der Waals surface area contributed by atoms with Crippen LogP contribution >= 0.6 is 0 Å². The van der Waals surface area contributed by atoms with Gasteiger partial charge < -0.3 is 26.2 Å². The molecule has 13 heteroatoms. The molecule has 0 aliphatic carbocycles. The summed E-state index contributed by atoms with van der Waals surface area (Å²) in [6, 6.07) is 21.6. The molecular formula is C32H37F3N4O6. The van der Waals surface area contributed by atoms with E-state index in [9.17, 15) is 32.7 Å². The Balaban J connectivity index is 0.000000900. The summed E-state index contributed by atoms with van der Waals surface area (Å²) < 4.78 is 31.7. The van der Waals surface area contributed by atoms with E-state index in [1.165, 1.54) is 0 Å². The van der Waals surface area contributed by atoms with Gasteiger partial charge in [-0.25, -0.2) is 9.78 Å². The molecular weight excluding hydrogens is 593 g/mol. The fourth-order valence-electron chi connectivity index (χ4n) is 4.16. The first-order valence-electron chi connectivity index (χ1n) is 14.3. The van der Waals surface area contributed by atoms with Crippen molar-refractivity contribution in [3.8, 4) is 11.1 Å². The van der Waals surface area contributed by atoms with E-state index >= 15 is 0 Å². The summed E-state index contributed by atoms with van der Waals surface area (Å²) in [6.07, 6.45) is -0.706. The number of anilines is 1. The van der Waals surface area contributed by atoms with E-state index in [0.29, 0.717) is 37.8 Å². The standard InChI is InChI=1S/C30H36N4O4.C2HF3O2/c1-2-10-25(33-28(35)14-7-9-20-32-27-13-6-8-19-31-27)30(38)34-26(21-29(36)37)24-17-15-23(16-18-24)22-11-4-3-5-12-22;3-2(4,5)1(6)7/h3-6,8,11-13,15-19,25-26H,2,7,9-10,14,20-21H2,1H3,(H,31,32)(H,33,35)(H,34,38)(H,36,37);(H,6,7)/t25-,26?;/m1./s1. The lowest BCUT2D eigenvalue weighted by atomic mass is 9.98. The van der Waals surface area contributed by atoms with Crippen LogP contribution in [0.15, 0.2) is 79.0 Å². The van der Waals surface area contributed by atoms with E-state index in [2.05, 4.69) is 20.9 Å². The number of hydrogen-bond donors (Lipinski definition) is 5. The van der Waals surface area contributed by atoms with Gasteiger partial charge in [-0.2, -0.15) is 13.2 Å². The molecule has 2 amide bonds. The van der Waals surface area contributed by atoms with Gasteiger partial charge in [-0.3, -0.25) is 14.4 Å². The van der Waals surface area contributed by atoms with Crippen molar-refractivity contribution >= 4 is 29.6 Å². The maximum Gasteiger partial charge on any atom is 0.490 e. The zero-order valence-electron chi connectivity index (χ0n) is 24.7. The molecule has 5 N–H and O–H groups in total. The normalized spacial score (nSPS) is 12.1. The molecule has 0 fully saturated rings. The van der Waals surface area contributed by atoms with Gasteiger partial charge in [0.2, 0.25) is 11.8 Å². The van der Waals surface area contributed by atoms with Crippen LogP contribution in [-0.2, 0) is 19.2 Å². The van der Waals surface area contributed by atoms with E-state index in [1.807, 2.05) is 79.7 Å². The molecule has 2 aromatic carbocycles. The predicted octanol–water partition coefficient (Wildman–Crippen LogP) is 5.58. The van der Waals surface area contributed by atoms with Crippen LogP contribution < -0.4 is 16.0 Å². The highest BCUT2D eigenvalue weighted by Crippen LogP contribution is 2.24. The molecule has 242 valence electrons. The third-order valence-electron chi connectivity index (χ3n) is 6.39. The molecule has 3 aromatic rings. The number of nitrogens with zero attached hydrogens (tertiary/aromatic N) is 1. The molecule has 1 unspecified atom stereocenters. The van der Waals surface area contributed by atoms with Crippen LogP contribution in [0.5, 0.6) is 0 Å². The smallest absolute Gasteiger partial charge is 0.481 e. The summed E-state index contributed by atoms with van der Waals surface area (Å²) in [5.74, 6) is -3.55. The number of rotatable bonds is 15. The molecule has 0 spiro atoms. The molecule has 3 rings (SSSR count). The molecule has 0 bridgehead atoms. The van der Waals surface area contributed by atoms with Crippen molar-refractivity contribution < 1.29 is 42.6 Å². The Kier molecular flexibility index (Phi) is 15.0. The summed E-state index contributed by atoms with van der Waals surface area (Å²) in [6.45, 7) is 2.63. The Hall–Kier alpha value is -4.94. The summed E-state index contributed by atoms with van der Waals surface area (Å²) in [5.41, 5.74) is 2.75. The number of halogens is 3. The predicted molar refractivity (Wildman–Crippen MR) is 162 cm³/mol. The highest BCUT2D eigenvalue weighted by molar-refractivity contribution is 5.88. The van der Waals surface area contributed by atoms with Crippen molar-refractivity contribution in [1.29, 1.82) is 0 Å². The van der Waals surface area contributed by atoms with Crippen molar-refractivity contribution in [2.75, 3.05) is 11.9 Å². The Labute approximate surface area is 259 Å². The Morgan fingerprint density at radius 2 is 1.47 bits per heavy atom. The summed E-state index contributed by atoms with van der Waals surface area (Å²) in [5, 5.41) is 25.5. The van der Waals surface area contributed by atoms with Crippen LogP contribution in [0.2, 0.25) is 0 Å². The van der Waals surface area contributed by atoms with Crippen molar-refractivity contribution in [3.05, 3.63) is 84.6 Å². The van der Waals surface area contributed by atoms with Crippen LogP contribution in [0.4, 0.5) is 19.0 Å². The number of benzene rings is 2. The van der Waals surface area contributed by atoms with E-state index < -0.39 is 30.2 Å². The quantitative estimate of drug-likeness (QED) is 0.136. The average molecular weight is 631 g/mol. The van der Waals surface area contributed by atoms with Gasteiger partial charge in [-0.1, -0.05) is 74.0 Å². The Bertz CT molecular complexity index is 1360. The second-order valence-corrected chi connectivity index (χ2v) is 9.96. The second-order valence-electron chi connectivity index (χ2n) is 9.96. The fourth-order valence-corrected chi connectivity index (χ4v) is 4.16. The molecule has 10 nitrogen and oxygen atoms in total. The number of hydrogen-bond acceptors (Lipinski definition) is 6. The van der Waals surface area contributed by atoms with E-state index in [4.69, 9.17) is 9.90 Å². The number of amides is 2. The van der Waals surface area contributed by atoms with Gasteiger partial charge >= 0.3 is 18.1 Å². The molecule has 1 aromatic heterocycles. The Morgan fingerprint density at radius 3 is 2.02 bits per heavy atom. The number of carbonyl (C=O) groups is 4. The third-order valence-corrected chi connectivity index (χ3v) is 6.39. The van der Waals surface area contributed by atoms with Gasteiger partial charge in [-0.15, -0.1) is 0 Å². The minimum Gasteiger partial charge on any atom is -0.481 e. The molecule has 0 saturated heterocycles. The van der Waals surface area contributed by atoms with Crippen LogP contribution in [0.1, 0.15) is 57.1 Å². The van der Waals surface area contributed by atoms with Crippen molar-refractivity contribution in [2.24, 2.45) is 0 Å². The van der Waals surface area contributed by atoms with Gasteiger partial charge in [0.1, 0.15) is 11.9 Å². The lowest BCUT2D eigenvalue weighted by Crippen LogP contribution is -2.47. The SMILES string of the molecule is CCC[C@@H](NC(=O)CCCCNc1ccccn1)C(=O)NC(CC(=O)O)c1ccc(-c2ccccc2)cc1.O=C(O)C(F)(F)F. The number of aliphatic carboxylic acids is 2. The highest BCUT2D eigenvalue weighted by atomic mass is 19.4. The number of aromatic nitrogens is 1. The van der Waals surface area contributed by atoms with Crippen LogP contribution in [0.3, 0.4) is 0 Å². The summed E-state index contributed by atoms with van der Waals surface area (Å²) >= 11 is 0. The molecule has 1 heterocycles. The fraction of sp³-hybridized carbons (Fsp3) is 0.344. The number of carbonyl (C=O) groups excluding carboxylic acids is 2. The summed E-state index contributed by atoms with van der Waals surface area (Å²) in [7, 11) is 0. The minimum atomic E-state index is -5.08. The van der Waals surface area contributed by atoms with Crippen LogP contribution in [0, 0.1) is 0 Å². The topological polar surface area (TPSA) is 158 Å². The first-order chi connectivity index (χ1) is 21.4. The number of carboxylic acid groups (broad SMARTS) is 2. The van der Waals surface area contributed by atoms with Crippen molar-refractivity contribution in [2.45, 2.75) is 63.7 Å². The largest absolute Gasteiger partial charge is 0.490 e. The molecule has 0 aliphatic heterocycles. The number of carboxylic acids is 2. The lowest BCUT2D eigenvalue weighted by Gasteiger charge is -2.23. The molecule has 0 saturated carbocycles. The van der Waals surface area contributed by atoms with Crippen LogP contribution in [-0.4, -0.2) is 57.7 Å².